The topological polar surface area (TPSA) is 68.6 Å². The molecule has 0 bridgehead atoms. The van der Waals surface area contributed by atoms with Crippen LogP contribution in [0.5, 0.6) is 0 Å². The highest BCUT2D eigenvalue weighted by Crippen LogP contribution is 2.32. The molecule has 0 aromatic carbocycles. The average molecular weight is 299 g/mol. The lowest BCUT2D eigenvalue weighted by molar-refractivity contribution is 0.162. The molecule has 0 radical (unpaired) electrons. The summed E-state index contributed by atoms with van der Waals surface area (Å²) in [6.45, 7) is 3.30. The van der Waals surface area contributed by atoms with Crippen molar-refractivity contribution in [3.05, 3.63) is 52.4 Å². The minimum Gasteiger partial charge on any atom is -0.359 e. The van der Waals surface area contributed by atoms with Crippen LogP contribution in [0.2, 0.25) is 0 Å². The largest absolute Gasteiger partial charge is 0.359 e. The lowest BCUT2D eigenvalue weighted by atomic mass is 10.1. The second kappa shape index (κ2) is 5.10. The van der Waals surface area contributed by atoms with Crippen LogP contribution >= 0.6 is 0 Å². The summed E-state index contributed by atoms with van der Waals surface area (Å²) in [6.07, 6.45) is 3.83. The van der Waals surface area contributed by atoms with Gasteiger partial charge in [-0.05, 0) is 31.9 Å². The highest BCUT2D eigenvalue weighted by Gasteiger charge is 2.29. The Morgan fingerprint density at radius 2 is 2.32 bits per heavy atom. The smallest absolute Gasteiger partial charge is 0.351 e. The number of hydrogen-bond acceptors (Lipinski definition) is 5. The van der Waals surface area contributed by atoms with Gasteiger partial charge in [0.1, 0.15) is 0 Å². The first-order chi connectivity index (χ1) is 10.7. The van der Waals surface area contributed by atoms with Gasteiger partial charge in [-0.25, -0.2) is 4.79 Å². The number of aryl methyl sites for hydroxylation is 1. The molecule has 114 valence electrons. The standard InChI is InChI=1S/C15H17N5O2/c1-11-9-13(22-17-11)12-5-4-7-18(12)10-20-15(21)19-8-3-2-6-14(19)16-20/h2-3,6,8-9,12H,4-5,7,10H2,1H3/t12-/m1/s1. The van der Waals surface area contributed by atoms with Crippen LogP contribution in [-0.2, 0) is 6.67 Å². The first-order valence-electron chi connectivity index (χ1n) is 7.44. The number of fused-ring (bicyclic) bond motifs is 1. The van der Waals surface area contributed by atoms with Gasteiger partial charge in [0.25, 0.3) is 0 Å². The van der Waals surface area contributed by atoms with Gasteiger partial charge in [-0.1, -0.05) is 11.2 Å². The van der Waals surface area contributed by atoms with E-state index in [2.05, 4.69) is 15.2 Å². The molecule has 4 rings (SSSR count). The lowest BCUT2D eigenvalue weighted by Gasteiger charge is -2.21. The summed E-state index contributed by atoms with van der Waals surface area (Å²) in [5, 5.41) is 8.35. The van der Waals surface area contributed by atoms with E-state index in [4.69, 9.17) is 4.52 Å². The van der Waals surface area contributed by atoms with Gasteiger partial charge in [0, 0.05) is 18.8 Å². The summed E-state index contributed by atoms with van der Waals surface area (Å²) in [5.41, 5.74) is 1.43. The fraction of sp³-hybridized carbons (Fsp3) is 0.400. The number of nitrogens with zero attached hydrogens (tertiary/aromatic N) is 5. The van der Waals surface area contributed by atoms with Crippen LogP contribution in [0.3, 0.4) is 0 Å². The average Bonchev–Trinajstić information content (AvgIpc) is 3.21. The minimum absolute atomic E-state index is 0.116. The molecule has 0 unspecified atom stereocenters. The van der Waals surface area contributed by atoms with Crippen LogP contribution < -0.4 is 5.69 Å². The fourth-order valence-corrected chi connectivity index (χ4v) is 3.09. The second-order valence-electron chi connectivity index (χ2n) is 5.69. The molecule has 1 atom stereocenters. The van der Waals surface area contributed by atoms with Crippen LogP contribution in [0.1, 0.15) is 30.3 Å². The molecule has 0 N–H and O–H groups in total. The molecule has 4 heterocycles. The monoisotopic (exact) mass is 299 g/mol. The van der Waals surface area contributed by atoms with Gasteiger partial charge in [0.15, 0.2) is 11.4 Å². The quantitative estimate of drug-likeness (QED) is 0.734. The Bertz CT molecular complexity index is 862. The molecule has 3 aromatic heterocycles. The Labute approximate surface area is 126 Å². The molecule has 1 saturated heterocycles. The van der Waals surface area contributed by atoms with Crippen LogP contribution in [0.4, 0.5) is 0 Å². The molecule has 1 aliphatic heterocycles. The van der Waals surface area contributed by atoms with Crippen LogP contribution in [0, 0.1) is 6.92 Å². The summed E-state index contributed by atoms with van der Waals surface area (Å²) >= 11 is 0. The fourth-order valence-electron chi connectivity index (χ4n) is 3.09. The molecule has 1 aliphatic rings. The van der Waals surface area contributed by atoms with Crippen LogP contribution in [-0.4, -0.2) is 30.8 Å². The predicted molar refractivity (Wildman–Crippen MR) is 79.4 cm³/mol. The first kappa shape index (κ1) is 13.3. The maximum absolute atomic E-state index is 12.4. The summed E-state index contributed by atoms with van der Waals surface area (Å²) in [6, 6.07) is 7.67. The Kier molecular flexibility index (Phi) is 3.07. The molecule has 22 heavy (non-hydrogen) atoms. The third-order valence-corrected chi connectivity index (χ3v) is 4.14. The van der Waals surface area contributed by atoms with Crippen LogP contribution in [0.15, 0.2) is 39.8 Å². The summed E-state index contributed by atoms with van der Waals surface area (Å²) in [5.74, 6) is 0.867. The molecule has 7 nitrogen and oxygen atoms in total. The van der Waals surface area contributed by atoms with Crippen molar-refractivity contribution >= 4 is 5.65 Å². The van der Waals surface area contributed by atoms with Crippen molar-refractivity contribution in [2.45, 2.75) is 32.5 Å². The van der Waals surface area contributed by atoms with E-state index in [-0.39, 0.29) is 11.7 Å². The molecular weight excluding hydrogens is 282 g/mol. The van der Waals surface area contributed by atoms with Gasteiger partial charge in [-0.2, -0.15) is 4.68 Å². The van der Waals surface area contributed by atoms with Crippen molar-refractivity contribution in [2.24, 2.45) is 0 Å². The van der Waals surface area contributed by atoms with E-state index >= 15 is 0 Å². The number of rotatable bonds is 3. The zero-order valence-corrected chi connectivity index (χ0v) is 12.3. The van der Waals surface area contributed by atoms with Crippen molar-refractivity contribution in [3.8, 4) is 0 Å². The number of hydrogen-bond donors (Lipinski definition) is 0. The van der Waals surface area contributed by atoms with E-state index in [1.807, 2.05) is 31.2 Å². The maximum Gasteiger partial charge on any atom is 0.351 e. The Balaban J connectivity index is 1.64. The molecule has 0 spiro atoms. The van der Waals surface area contributed by atoms with Crippen molar-refractivity contribution in [1.82, 2.24) is 24.2 Å². The Hall–Kier alpha value is -2.41. The molecule has 0 aliphatic carbocycles. The number of pyridine rings is 1. The van der Waals surface area contributed by atoms with Gasteiger partial charge >= 0.3 is 5.69 Å². The zero-order valence-electron chi connectivity index (χ0n) is 12.3. The summed E-state index contributed by atoms with van der Waals surface area (Å²) in [4.78, 5) is 14.6. The summed E-state index contributed by atoms with van der Waals surface area (Å²) in [7, 11) is 0. The van der Waals surface area contributed by atoms with Crippen molar-refractivity contribution < 1.29 is 4.52 Å². The minimum atomic E-state index is -0.116. The molecule has 0 amide bonds. The zero-order chi connectivity index (χ0) is 15.1. The third kappa shape index (κ3) is 2.14. The van der Waals surface area contributed by atoms with E-state index in [0.717, 1.165) is 30.8 Å². The van der Waals surface area contributed by atoms with Gasteiger partial charge in [-0.15, -0.1) is 5.10 Å². The number of aromatic nitrogens is 4. The van der Waals surface area contributed by atoms with Gasteiger partial charge < -0.3 is 4.52 Å². The highest BCUT2D eigenvalue weighted by atomic mass is 16.5. The number of likely N-dealkylation sites (tertiary alicyclic amines) is 1. The first-order valence-corrected chi connectivity index (χ1v) is 7.44. The third-order valence-electron chi connectivity index (χ3n) is 4.14. The van der Waals surface area contributed by atoms with Crippen molar-refractivity contribution in [3.63, 3.8) is 0 Å². The van der Waals surface area contributed by atoms with Crippen molar-refractivity contribution in [1.29, 1.82) is 0 Å². The molecule has 1 fully saturated rings. The lowest BCUT2D eigenvalue weighted by Crippen LogP contribution is -2.32. The van der Waals surface area contributed by atoms with E-state index < -0.39 is 0 Å². The van der Waals surface area contributed by atoms with E-state index in [0.29, 0.717) is 12.3 Å². The Morgan fingerprint density at radius 3 is 3.09 bits per heavy atom. The highest BCUT2D eigenvalue weighted by molar-refractivity contribution is 5.35. The summed E-state index contributed by atoms with van der Waals surface area (Å²) < 4.78 is 8.47. The maximum atomic E-state index is 12.4. The van der Waals surface area contributed by atoms with Crippen molar-refractivity contribution in [2.75, 3.05) is 6.54 Å². The van der Waals surface area contributed by atoms with E-state index in [1.54, 1.807) is 10.6 Å². The van der Waals surface area contributed by atoms with Gasteiger partial charge in [-0.3, -0.25) is 9.30 Å². The molecule has 3 aromatic rings. The predicted octanol–water partition coefficient (Wildman–Crippen LogP) is 1.59. The van der Waals surface area contributed by atoms with E-state index in [1.165, 1.54) is 4.68 Å². The van der Waals surface area contributed by atoms with Gasteiger partial charge in [0.05, 0.1) is 18.4 Å². The van der Waals surface area contributed by atoms with E-state index in [9.17, 15) is 4.79 Å². The molecule has 7 heteroatoms. The normalized spacial score (nSPS) is 19.2. The Morgan fingerprint density at radius 1 is 1.41 bits per heavy atom. The molecule has 0 saturated carbocycles. The SMILES string of the molecule is Cc1cc([C@H]2CCCN2Cn2nc3ccccn3c2=O)on1. The van der Waals surface area contributed by atoms with Gasteiger partial charge in [0.2, 0.25) is 0 Å². The second-order valence-corrected chi connectivity index (χ2v) is 5.69. The van der Waals surface area contributed by atoms with Crippen LogP contribution in [0.25, 0.3) is 5.65 Å². The molecular formula is C15H17N5O2.